The zero-order chi connectivity index (χ0) is 11.7. The number of aliphatic hydroxyl groups excluding tert-OH is 1. The number of halogens is 6. The molecule has 0 fully saturated rings. The Kier molecular flexibility index (Phi) is 3.23. The number of aliphatic hydroxyl groups is 1. The molecular formula is C8H4F6O. The summed E-state index contributed by atoms with van der Waals surface area (Å²) in [5, 5.41) is 8.67. The summed E-state index contributed by atoms with van der Waals surface area (Å²) in [6.45, 7) is 0. The summed E-state index contributed by atoms with van der Waals surface area (Å²) in [5.41, 5.74) is -1.32. The molecule has 1 aromatic carbocycles. The first-order valence-corrected chi connectivity index (χ1v) is 3.65. The van der Waals surface area contributed by atoms with E-state index in [1.54, 1.807) is 0 Å². The molecule has 0 aliphatic heterocycles. The Hall–Kier alpha value is -1.24. The summed E-state index contributed by atoms with van der Waals surface area (Å²) in [6, 6.07) is -0.00935. The van der Waals surface area contributed by atoms with Crippen LogP contribution in [-0.4, -0.2) is 11.5 Å². The van der Waals surface area contributed by atoms with Gasteiger partial charge in [0, 0.05) is 5.56 Å². The molecule has 1 nitrogen and oxygen atoms in total. The Balaban J connectivity index is 3.32. The predicted octanol–water partition coefficient (Wildman–Crippen LogP) is 2.54. The Bertz CT molecular complexity index is 378. The molecular weight excluding hydrogens is 226 g/mol. The van der Waals surface area contributed by atoms with Crippen LogP contribution in [0.25, 0.3) is 0 Å². The van der Waals surface area contributed by atoms with Gasteiger partial charge in [-0.05, 0) is 6.07 Å². The maximum atomic E-state index is 12.8. The van der Waals surface area contributed by atoms with Gasteiger partial charge < -0.3 is 5.11 Å². The van der Waals surface area contributed by atoms with Crippen LogP contribution in [0.15, 0.2) is 6.07 Å². The van der Waals surface area contributed by atoms with Crippen molar-refractivity contribution >= 4 is 0 Å². The summed E-state index contributed by atoms with van der Waals surface area (Å²) < 4.78 is 74.0. The molecule has 0 saturated carbocycles. The number of hydrogen-bond donors (Lipinski definition) is 1. The van der Waals surface area contributed by atoms with Crippen molar-refractivity contribution in [3.8, 4) is 0 Å². The van der Waals surface area contributed by atoms with E-state index in [1.165, 1.54) is 0 Å². The minimum atomic E-state index is -3.43. The smallest absolute Gasteiger partial charge is 0.268 e. The first-order valence-electron chi connectivity index (χ1n) is 3.65. The van der Waals surface area contributed by atoms with Crippen LogP contribution in [0.3, 0.4) is 0 Å². The van der Waals surface area contributed by atoms with Crippen LogP contribution in [0.2, 0.25) is 0 Å². The Labute approximate surface area is 79.9 Å². The minimum absolute atomic E-state index is 0.00935. The normalized spacial score (nSPS) is 13.3. The van der Waals surface area contributed by atoms with Gasteiger partial charge in [-0.3, -0.25) is 0 Å². The van der Waals surface area contributed by atoms with E-state index in [0.717, 1.165) is 0 Å². The lowest BCUT2D eigenvalue weighted by atomic mass is 10.1. The van der Waals surface area contributed by atoms with Crippen molar-refractivity contribution in [2.24, 2.45) is 0 Å². The summed E-state index contributed by atoms with van der Waals surface area (Å²) >= 11 is 0. The lowest BCUT2D eigenvalue weighted by molar-refractivity contribution is -0.00835. The highest BCUT2D eigenvalue weighted by atomic mass is 19.3. The second kappa shape index (κ2) is 4.09. The van der Waals surface area contributed by atoms with Crippen LogP contribution in [0.1, 0.15) is 11.7 Å². The van der Waals surface area contributed by atoms with Gasteiger partial charge >= 0.3 is 0 Å². The number of hydrogen-bond acceptors (Lipinski definition) is 1. The van der Waals surface area contributed by atoms with E-state index >= 15 is 0 Å². The molecule has 15 heavy (non-hydrogen) atoms. The first kappa shape index (κ1) is 11.8. The minimum Gasteiger partial charge on any atom is -0.382 e. The molecule has 0 aliphatic rings. The van der Waals surface area contributed by atoms with Crippen molar-refractivity contribution in [2.75, 3.05) is 0 Å². The van der Waals surface area contributed by atoms with Gasteiger partial charge in [0.2, 0.25) is 0 Å². The van der Waals surface area contributed by atoms with Crippen molar-refractivity contribution in [3.05, 3.63) is 34.9 Å². The van der Waals surface area contributed by atoms with Crippen LogP contribution < -0.4 is 0 Å². The van der Waals surface area contributed by atoms with E-state index in [-0.39, 0.29) is 6.07 Å². The van der Waals surface area contributed by atoms with Gasteiger partial charge in [-0.1, -0.05) is 0 Å². The zero-order valence-corrected chi connectivity index (χ0v) is 6.95. The highest BCUT2D eigenvalue weighted by molar-refractivity contribution is 5.24. The molecule has 84 valence electrons. The van der Waals surface area contributed by atoms with Gasteiger partial charge in [-0.15, -0.1) is 0 Å². The largest absolute Gasteiger partial charge is 0.382 e. The average Bonchev–Trinajstić information content (AvgIpc) is 2.19. The van der Waals surface area contributed by atoms with Crippen molar-refractivity contribution in [1.82, 2.24) is 0 Å². The molecule has 7 heteroatoms. The van der Waals surface area contributed by atoms with E-state index in [1.807, 2.05) is 0 Å². The molecule has 1 atom stereocenters. The molecule has 0 spiro atoms. The topological polar surface area (TPSA) is 20.2 Å². The Morgan fingerprint density at radius 3 is 1.93 bits per heavy atom. The van der Waals surface area contributed by atoms with E-state index in [2.05, 4.69) is 0 Å². The SMILES string of the molecule is OC(c1cc(F)c(F)c(F)c1F)C(F)F. The fraction of sp³-hybridized carbons (Fsp3) is 0.250. The standard InChI is InChI=1S/C8H4F6O/c9-3-1-2(7(15)8(13)14)4(10)6(12)5(3)11/h1,7-8,15H. The zero-order valence-electron chi connectivity index (χ0n) is 6.95. The van der Waals surface area contributed by atoms with E-state index in [4.69, 9.17) is 5.11 Å². The van der Waals surface area contributed by atoms with Crippen LogP contribution in [0.4, 0.5) is 26.3 Å². The summed E-state index contributed by atoms with van der Waals surface area (Å²) in [7, 11) is 0. The maximum Gasteiger partial charge on any atom is 0.268 e. The lowest BCUT2D eigenvalue weighted by Crippen LogP contribution is -2.13. The highest BCUT2D eigenvalue weighted by Crippen LogP contribution is 2.27. The molecule has 0 bridgehead atoms. The van der Waals surface area contributed by atoms with Crippen LogP contribution >= 0.6 is 0 Å². The number of benzene rings is 1. The van der Waals surface area contributed by atoms with Crippen molar-refractivity contribution in [3.63, 3.8) is 0 Å². The van der Waals surface area contributed by atoms with E-state index < -0.39 is 41.4 Å². The van der Waals surface area contributed by atoms with E-state index in [0.29, 0.717) is 0 Å². The number of rotatable bonds is 2. The highest BCUT2D eigenvalue weighted by Gasteiger charge is 2.28. The van der Waals surface area contributed by atoms with Gasteiger partial charge in [0.05, 0.1) is 0 Å². The molecule has 0 aliphatic carbocycles. The fourth-order valence-electron chi connectivity index (χ4n) is 0.942. The molecule has 1 rings (SSSR count). The van der Waals surface area contributed by atoms with Crippen LogP contribution in [-0.2, 0) is 0 Å². The molecule has 1 N–H and O–H groups in total. The lowest BCUT2D eigenvalue weighted by Gasteiger charge is -2.11. The summed E-state index contributed by atoms with van der Waals surface area (Å²) in [4.78, 5) is 0. The third-order valence-electron chi connectivity index (χ3n) is 1.69. The first-order chi connectivity index (χ1) is 6.86. The van der Waals surface area contributed by atoms with Crippen LogP contribution in [0.5, 0.6) is 0 Å². The maximum absolute atomic E-state index is 12.8. The van der Waals surface area contributed by atoms with Gasteiger partial charge in [-0.25, -0.2) is 26.3 Å². The monoisotopic (exact) mass is 230 g/mol. The van der Waals surface area contributed by atoms with Gasteiger partial charge in [0.1, 0.15) is 6.10 Å². The molecule has 0 aromatic heterocycles. The second-order valence-corrected chi connectivity index (χ2v) is 2.67. The second-order valence-electron chi connectivity index (χ2n) is 2.67. The van der Waals surface area contributed by atoms with Gasteiger partial charge in [-0.2, -0.15) is 0 Å². The molecule has 1 aromatic rings. The van der Waals surface area contributed by atoms with Crippen LogP contribution in [0, 0.1) is 23.3 Å². The Morgan fingerprint density at radius 2 is 1.47 bits per heavy atom. The predicted molar refractivity (Wildman–Crippen MR) is 37.2 cm³/mol. The molecule has 1 unspecified atom stereocenters. The third kappa shape index (κ3) is 2.06. The summed E-state index contributed by atoms with van der Waals surface area (Å²) in [5.74, 6) is -8.22. The third-order valence-corrected chi connectivity index (χ3v) is 1.69. The fourth-order valence-corrected chi connectivity index (χ4v) is 0.942. The van der Waals surface area contributed by atoms with Gasteiger partial charge in [0.15, 0.2) is 23.3 Å². The van der Waals surface area contributed by atoms with E-state index in [9.17, 15) is 26.3 Å². The Morgan fingerprint density at radius 1 is 0.933 bits per heavy atom. The van der Waals surface area contributed by atoms with Crippen molar-refractivity contribution in [2.45, 2.75) is 12.5 Å². The quantitative estimate of drug-likeness (QED) is 0.470. The molecule has 0 saturated heterocycles. The van der Waals surface area contributed by atoms with Crippen molar-refractivity contribution < 1.29 is 31.4 Å². The number of alkyl halides is 2. The molecule has 0 heterocycles. The average molecular weight is 230 g/mol. The van der Waals surface area contributed by atoms with Gasteiger partial charge in [0.25, 0.3) is 6.43 Å². The molecule has 0 amide bonds. The van der Waals surface area contributed by atoms with Crippen molar-refractivity contribution in [1.29, 1.82) is 0 Å². The molecule has 0 radical (unpaired) electrons. The summed E-state index contributed by atoms with van der Waals surface area (Å²) in [6.07, 6.45) is -6.13.